The minimum absolute atomic E-state index is 0.0713. The van der Waals surface area contributed by atoms with E-state index in [4.69, 9.17) is 27.9 Å². The molecule has 0 aromatic heterocycles. The molecule has 32 heavy (non-hydrogen) atoms. The van der Waals surface area contributed by atoms with Gasteiger partial charge in [0.05, 0.1) is 16.7 Å². The van der Waals surface area contributed by atoms with Gasteiger partial charge in [0.2, 0.25) is 15.9 Å². The second-order valence-electron chi connectivity index (χ2n) is 8.30. The third-order valence-corrected chi connectivity index (χ3v) is 8.17. The number of nitrogens with one attached hydrogen (secondary N) is 1. The molecule has 0 spiro atoms. The number of hydrogen-bond donors (Lipinski definition) is 1. The summed E-state index contributed by atoms with van der Waals surface area (Å²) in [6.45, 7) is 5.74. The van der Waals surface area contributed by atoms with Crippen LogP contribution in [0.1, 0.15) is 32.3 Å². The third-order valence-electron chi connectivity index (χ3n) is 5.31. The average Bonchev–Trinajstić information content (AvgIpc) is 2.76. The lowest BCUT2D eigenvalue weighted by molar-refractivity contribution is -0.126. The van der Waals surface area contributed by atoms with Crippen molar-refractivity contribution in [1.29, 1.82) is 0 Å². The maximum absolute atomic E-state index is 13.0. The molecular formula is C23H28Cl2N2O4S. The van der Waals surface area contributed by atoms with Crippen molar-refractivity contribution in [3.8, 4) is 5.75 Å². The Bertz CT molecular complexity index is 1010. The fourth-order valence-corrected chi connectivity index (χ4v) is 6.08. The first-order chi connectivity index (χ1) is 15.2. The zero-order chi connectivity index (χ0) is 23.3. The van der Waals surface area contributed by atoms with Gasteiger partial charge >= 0.3 is 0 Å². The molecule has 0 atom stereocenters. The predicted molar refractivity (Wildman–Crippen MR) is 127 cm³/mol. The molecule has 9 heteroatoms. The Morgan fingerprint density at radius 1 is 1.09 bits per heavy atom. The first-order valence-corrected chi connectivity index (χ1v) is 12.8. The fraction of sp³-hybridized carbons (Fsp3) is 0.435. The predicted octanol–water partition coefficient (Wildman–Crippen LogP) is 4.75. The van der Waals surface area contributed by atoms with Crippen molar-refractivity contribution in [3.63, 3.8) is 0 Å². The maximum atomic E-state index is 13.0. The van der Waals surface area contributed by atoms with Gasteiger partial charge in [-0.05, 0) is 48.6 Å². The molecule has 0 saturated carbocycles. The highest BCUT2D eigenvalue weighted by molar-refractivity contribution is 7.89. The number of nitrogens with zero attached hydrogens (tertiary/aromatic N) is 1. The van der Waals surface area contributed by atoms with Crippen LogP contribution < -0.4 is 10.1 Å². The van der Waals surface area contributed by atoms with Gasteiger partial charge in [0.1, 0.15) is 10.6 Å². The van der Waals surface area contributed by atoms with Crippen molar-refractivity contribution >= 4 is 39.1 Å². The van der Waals surface area contributed by atoms with Crippen molar-refractivity contribution in [3.05, 3.63) is 58.1 Å². The largest absolute Gasteiger partial charge is 0.493 e. The van der Waals surface area contributed by atoms with E-state index < -0.39 is 10.0 Å². The molecule has 174 valence electrons. The van der Waals surface area contributed by atoms with Crippen LogP contribution in [0, 0.1) is 11.8 Å². The van der Waals surface area contributed by atoms with E-state index >= 15 is 0 Å². The van der Waals surface area contributed by atoms with Crippen LogP contribution in [0.5, 0.6) is 5.75 Å². The molecule has 1 fully saturated rings. The number of carbonyl (C=O) groups is 1. The van der Waals surface area contributed by atoms with Crippen LogP contribution in [0.4, 0.5) is 0 Å². The molecule has 2 aromatic carbocycles. The van der Waals surface area contributed by atoms with Gasteiger partial charge in [0.15, 0.2) is 0 Å². The molecule has 1 heterocycles. The SMILES string of the molecule is CC(C)COc1ccc(CNC(=O)C2CCN(S(=O)(=O)c3c(Cl)cccc3Cl)CC2)cc1. The van der Waals surface area contributed by atoms with Crippen LogP contribution in [-0.2, 0) is 21.4 Å². The van der Waals surface area contributed by atoms with Gasteiger partial charge in [-0.3, -0.25) is 4.79 Å². The molecule has 1 aliphatic heterocycles. The van der Waals surface area contributed by atoms with E-state index in [1.807, 2.05) is 24.3 Å². The lowest BCUT2D eigenvalue weighted by Gasteiger charge is -2.31. The second-order valence-corrected chi connectivity index (χ2v) is 11.0. The standard InChI is InChI=1S/C23H28Cl2N2O4S/c1-16(2)15-31-19-8-6-17(7-9-19)14-26-23(28)18-10-12-27(13-11-18)32(29,30)22-20(24)4-3-5-21(22)25/h3-9,16,18H,10-15H2,1-2H3,(H,26,28). The number of ether oxygens (including phenoxy) is 1. The van der Waals surface area contributed by atoms with E-state index in [-0.39, 0.29) is 39.9 Å². The summed E-state index contributed by atoms with van der Waals surface area (Å²) < 4.78 is 33.0. The summed E-state index contributed by atoms with van der Waals surface area (Å²) in [5.41, 5.74) is 0.976. The molecule has 6 nitrogen and oxygen atoms in total. The zero-order valence-electron chi connectivity index (χ0n) is 18.2. The number of benzene rings is 2. The monoisotopic (exact) mass is 498 g/mol. The van der Waals surface area contributed by atoms with Crippen LogP contribution in [-0.4, -0.2) is 38.3 Å². The van der Waals surface area contributed by atoms with Crippen LogP contribution in [0.2, 0.25) is 10.0 Å². The van der Waals surface area contributed by atoms with E-state index in [9.17, 15) is 13.2 Å². The van der Waals surface area contributed by atoms with Crippen LogP contribution in [0.3, 0.4) is 0 Å². The average molecular weight is 499 g/mol. The maximum Gasteiger partial charge on any atom is 0.246 e. The van der Waals surface area contributed by atoms with Crippen molar-refractivity contribution < 1.29 is 17.9 Å². The molecule has 2 aromatic rings. The van der Waals surface area contributed by atoms with Crippen LogP contribution in [0.25, 0.3) is 0 Å². The van der Waals surface area contributed by atoms with Gasteiger partial charge in [-0.1, -0.05) is 55.2 Å². The molecule has 1 N–H and O–H groups in total. The Labute approximate surface area is 199 Å². The van der Waals surface area contributed by atoms with Crippen LogP contribution >= 0.6 is 23.2 Å². The lowest BCUT2D eigenvalue weighted by atomic mass is 9.97. The minimum Gasteiger partial charge on any atom is -0.493 e. The van der Waals surface area contributed by atoms with Gasteiger partial charge in [-0.15, -0.1) is 0 Å². The highest BCUT2D eigenvalue weighted by Gasteiger charge is 2.34. The summed E-state index contributed by atoms with van der Waals surface area (Å²) in [5, 5.41) is 3.14. The number of hydrogen-bond acceptors (Lipinski definition) is 4. The highest BCUT2D eigenvalue weighted by Crippen LogP contribution is 2.33. The number of carbonyl (C=O) groups excluding carboxylic acids is 1. The molecule has 1 aliphatic rings. The van der Waals surface area contributed by atoms with E-state index in [1.165, 1.54) is 16.4 Å². The highest BCUT2D eigenvalue weighted by atomic mass is 35.5. The molecule has 1 saturated heterocycles. The molecule has 0 bridgehead atoms. The summed E-state index contributed by atoms with van der Waals surface area (Å²) in [6, 6.07) is 12.3. The first kappa shape index (κ1) is 24.8. The smallest absolute Gasteiger partial charge is 0.246 e. The summed E-state index contributed by atoms with van der Waals surface area (Å²) in [4.78, 5) is 12.5. The topological polar surface area (TPSA) is 75.7 Å². The molecule has 3 rings (SSSR count). The number of piperidine rings is 1. The molecule has 0 aliphatic carbocycles. The Kier molecular flexibility index (Phi) is 8.44. The van der Waals surface area contributed by atoms with Gasteiger partial charge < -0.3 is 10.1 Å². The first-order valence-electron chi connectivity index (χ1n) is 10.6. The number of halogens is 2. The Hall–Kier alpha value is -1.80. The van der Waals surface area contributed by atoms with Crippen LogP contribution in [0.15, 0.2) is 47.4 Å². The van der Waals surface area contributed by atoms with E-state index in [1.54, 1.807) is 6.07 Å². The summed E-state index contributed by atoms with van der Waals surface area (Å²) in [6.07, 6.45) is 0.879. The minimum atomic E-state index is -3.82. The zero-order valence-corrected chi connectivity index (χ0v) is 20.5. The van der Waals surface area contributed by atoms with Crippen molar-refractivity contribution in [2.75, 3.05) is 19.7 Å². The molecule has 0 unspecified atom stereocenters. The number of sulfonamides is 1. The molecule has 1 amide bonds. The van der Waals surface area contributed by atoms with E-state index in [0.29, 0.717) is 31.9 Å². The van der Waals surface area contributed by atoms with Crippen molar-refractivity contribution in [2.24, 2.45) is 11.8 Å². The van der Waals surface area contributed by atoms with E-state index in [2.05, 4.69) is 19.2 Å². The normalized spacial score (nSPS) is 15.7. The van der Waals surface area contributed by atoms with Gasteiger partial charge in [0, 0.05) is 25.6 Å². The summed E-state index contributed by atoms with van der Waals surface area (Å²) in [5.74, 6) is 0.952. The van der Waals surface area contributed by atoms with Crippen molar-refractivity contribution in [2.45, 2.75) is 38.1 Å². The lowest BCUT2D eigenvalue weighted by Crippen LogP contribution is -2.43. The number of rotatable bonds is 8. The molecule has 0 radical (unpaired) electrons. The Balaban J connectivity index is 1.51. The van der Waals surface area contributed by atoms with Gasteiger partial charge in [-0.25, -0.2) is 8.42 Å². The third kappa shape index (κ3) is 6.16. The fourth-order valence-electron chi connectivity index (χ4n) is 3.52. The molecular weight excluding hydrogens is 471 g/mol. The van der Waals surface area contributed by atoms with Gasteiger partial charge in [0.25, 0.3) is 0 Å². The van der Waals surface area contributed by atoms with Crippen molar-refractivity contribution in [1.82, 2.24) is 9.62 Å². The quantitative estimate of drug-likeness (QED) is 0.569. The summed E-state index contributed by atoms with van der Waals surface area (Å²) >= 11 is 12.2. The Morgan fingerprint density at radius 2 is 1.69 bits per heavy atom. The van der Waals surface area contributed by atoms with Gasteiger partial charge in [-0.2, -0.15) is 4.31 Å². The van der Waals surface area contributed by atoms with E-state index in [0.717, 1.165) is 11.3 Å². The summed E-state index contributed by atoms with van der Waals surface area (Å²) in [7, 11) is -3.82. The second kappa shape index (κ2) is 10.9. The number of amides is 1. The Morgan fingerprint density at radius 3 is 2.25 bits per heavy atom.